The van der Waals surface area contributed by atoms with Gasteiger partial charge in [0.05, 0.1) is 12.3 Å². The summed E-state index contributed by atoms with van der Waals surface area (Å²) in [6.07, 6.45) is 3.89. The minimum Gasteiger partial charge on any atom is -0.376 e. The van der Waals surface area contributed by atoms with Crippen LogP contribution in [0.4, 0.5) is 0 Å². The van der Waals surface area contributed by atoms with Crippen molar-refractivity contribution in [2.75, 3.05) is 13.2 Å². The van der Waals surface area contributed by atoms with Crippen LogP contribution in [0.5, 0.6) is 0 Å². The van der Waals surface area contributed by atoms with E-state index in [1.165, 1.54) is 11.3 Å². The molecule has 6 nitrogen and oxygen atoms in total. The molecule has 7 heteroatoms. The van der Waals surface area contributed by atoms with Crippen LogP contribution in [-0.4, -0.2) is 39.8 Å². The third-order valence-electron chi connectivity index (χ3n) is 2.89. The predicted molar refractivity (Wildman–Crippen MR) is 66.9 cm³/mol. The lowest BCUT2D eigenvalue weighted by molar-refractivity contribution is 0.0854. The second-order valence-electron chi connectivity index (χ2n) is 4.32. The van der Waals surface area contributed by atoms with E-state index in [0.29, 0.717) is 12.2 Å². The topological polar surface area (TPSA) is 68.5 Å². The Morgan fingerprint density at radius 3 is 3.33 bits per heavy atom. The molecule has 3 heterocycles. The standard InChI is InChI=1S/C11H14N4O2S/c1-7-14-15-6-9(13-11(15)18-7)10(16)12-5-8-3-2-4-17-8/h6,8H,2-5H2,1H3,(H,12,16). The Kier molecular flexibility index (Phi) is 3.00. The van der Waals surface area contributed by atoms with Crippen LogP contribution in [0.3, 0.4) is 0 Å². The van der Waals surface area contributed by atoms with Crippen molar-refractivity contribution >= 4 is 22.2 Å². The first-order valence-electron chi connectivity index (χ1n) is 5.95. The van der Waals surface area contributed by atoms with Gasteiger partial charge in [-0.2, -0.15) is 5.10 Å². The first-order valence-corrected chi connectivity index (χ1v) is 6.76. The molecule has 3 rings (SSSR count). The van der Waals surface area contributed by atoms with E-state index in [2.05, 4.69) is 15.4 Å². The van der Waals surface area contributed by atoms with Crippen LogP contribution < -0.4 is 5.32 Å². The maximum atomic E-state index is 11.9. The summed E-state index contributed by atoms with van der Waals surface area (Å²) < 4.78 is 7.09. The molecule has 1 unspecified atom stereocenters. The van der Waals surface area contributed by atoms with Crippen LogP contribution in [-0.2, 0) is 4.74 Å². The van der Waals surface area contributed by atoms with Gasteiger partial charge in [0.2, 0.25) is 4.96 Å². The minimum atomic E-state index is -0.166. The first-order chi connectivity index (χ1) is 8.72. The Labute approximate surface area is 108 Å². The maximum absolute atomic E-state index is 11.9. The van der Waals surface area contributed by atoms with Crippen molar-refractivity contribution in [3.8, 4) is 0 Å². The van der Waals surface area contributed by atoms with Gasteiger partial charge in [0.25, 0.3) is 5.91 Å². The lowest BCUT2D eigenvalue weighted by atomic mass is 10.2. The highest BCUT2D eigenvalue weighted by Gasteiger charge is 2.18. The molecule has 1 saturated heterocycles. The van der Waals surface area contributed by atoms with Gasteiger partial charge in [0.1, 0.15) is 10.7 Å². The number of nitrogens with one attached hydrogen (secondary N) is 1. The Balaban J connectivity index is 1.65. The molecule has 18 heavy (non-hydrogen) atoms. The van der Waals surface area contributed by atoms with Crippen molar-refractivity contribution in [3.63, 3.8) is 0 Å². The highest BCUT2D eigenvalue weighted by Crippen LogP contribution is 2.14. The molecule has 1 atom stereocenters. The summed E-state index contributed by atoms with van der Waals surface area (Å²) in [5.41, 5.74) is 0.409. The van der Waals surface area contributed by atoms with Gasteiger partial charge in [-0.05, 0) is 19.8 Å². The molecule has 1 aliphatic rings. The van der Waals surface area contributed by atoms with Gasteiger partial charge in [-0.15, -0.1) is 0 Å². The zero-order valence-electron chi connectivity index (χ0n) is 10.0. The van der Waals surface area contributed by atoms with Gasteiger partial charge in [-0.25, -0.2) is 9.50 Å². The quantitative estimate of drug-likeness (QED) is 0.900. The number of hydrogen-bond acceptors (Lipinski definition) is 5. The molecule has 0 aliphatic carbocycles. The van der Waals surface area contributed by atoms with Crippen LogP contribution in [0.1, 0.15) is 28.3 Å². The largest absolute Gasteiger partial charge is 0.376 e. The van der Waals surface area contributed by atoms with Crippen molar-refractivity contribution in [2.24, 2.45) is 0 Å². The lowest BCUT2D eigenvalue weighted by Crippen LogP contribution is -2.31. The number of hydrogen-bond donors (Lipinski definition) is 1. The molecule has 1 aliphatic heterocycles. The number of nitrogens with zero attached hydrogens (tertiary/aromatic N) is 3. The Bertz CT molecular complexity index is 539. The molecule has 1 N–H and O–H groups in total. The predicted octanol–water partition coefficient (Wildman–Crippen LogP) is 1.01. The van der Waals surface area contributed by atoms with Crippen LogP contribution in [0.15, 0.2) is 6.20 Å². The molecule has 96 valence electrons. The first kappa shape index (κ1) is 11.6. The monoisotopic (exact) mass is 266 g/mol. The van der Waals surface area contributed by atoms with Crippen molar-refractivity contribution in [1.82, 2.24) is 19.9 Å². The van der Waals surface area contributed by atoms with E-state index in [4.69, 9.17) is 4.74 Å². The van der Waals surface area contributed by atoms with Crippen molar-refractivity contribution < 1.29 is 9.53 Å². The molecule has 0 spiro atoms. The molecule has 1 amide bonds. The van der Waals surface area contributed by atoms with E-state index < -0.39 is 0 Å². The summed E-state index contributed by atoms with van der Waals surface area (Å²) in [4.78, 5) is 16.9. The molecular weight excluding hydrogens is 252 g/mol. The van der Waals surface area contributed by atoms with Crippen LogP contribution >= 0.6 is 11.3 Å². The number of aryl methyl sites for hydroxylation is 1. The van der Waals surface area contributed by atoms with E-state index in [9.17, 15) is 4.79 Å². The third kappa shape index (κ3) is 2.23. The van der Waals surface area contributed by atoms with Gasteiger partial charge in [0.15, 0.2) is 0 Å². The van der Waals surface area contributed by atoms with Crippen molar-refractivity contribution in [2.45, 2.75) is 25.9 Å². The average Bonchev–Trinajstić information content (AvgIpc) is 3.00. The number of carbonyl (C=O) groups excluding carboxylic acids is 1. The minimum absolute atomic E-state index is 0.151. The Morgan fingerprint density at radius 1 is 1.72 bits per heavy atom. The number of aromatic nitrogens is 3. The van der Waals surface area contributed by atoms with E-state index in [0.717, 1.165) is 29.4 Å². The molecule has 0 saturated carbocycles. The van der Waals surface area contributed by atoms with Gasteiger partial charge < -0.3 is 10.1 Å². The van der Waals surface area contributed by atoms with E-state index in [1.54, 1.807) is 10.7 Å². The van der Waals surface area contributed by atoms with Crippen LogP contribution in [0, 0.1) is 6.92 Å². The lowest BCUT2D eigenvalue weighted by Gasteiger charge is -2.09. The van der Waals surface area contributed by atoms with Crippen LogP contribution in [0.2, 0.25) is 0 Å². The number of imidazole rings is 1. The molecule has 1 fully saturated rings. The summed E-state index contributed by atoms with van der Waals surface area (Å²) >= 11 is 1.47. The molecular formula is C11H14N4O2S. The van der Waals surface area contributed by atoms with E-state index in [-0.39, 0.29) is 12.0 Å². The fraction of sp³-hybridized carbons (Fsp3) is 0.545. The van der Waals surface area contributed by atoms with Gasteiger partial charge >= 0.3 is 0 Å². The molecule has 0 radical (unpaired) electrons. The summed E-state index contributed by atoms with van der Waals surface area (Å²) in [5.74, 6) is -0.166. The number of ether oxygens (including phenoxy) is 1. The van der Waals surface area contributed by atoms with Crippen molar-refractivity contribution in [1.29, 1.82) is 0 Å². The third-order valence-corrected chi connectivity index (χ3v) is 3.73. The number of rotatable bonds is 3. The Hall–Kier alpha value is -1.47. The second-order valence-corrected chi connectivity index (χ2v) is 5.48. The fourth-order valence-corrected chi connectivity index (χ4v) is 2.74. The summed E-state index contributed by atoms with van der Waals surface area (Å²) in [6, 6.07) is 0. The smallest absolute Gasteiger partial charge is 0.271 e. The highest BCUT2D eigenvalue weighted by molar-refractivity contribution is 7.16. The number of fused-ring (bicyclic) bond motifs is 1. The number of carbonyl (C=O) groups is 1. The van der Waals surface area contributed by atoms with Gasteiger partial charge in [-0.3, -0.25) is 4.79 Å². The van der Waals surface area contributed by atoms with Crippen molar-refractivity contribution in [3.05, 3.63) is 16.9 Å². The zero-order chi connectivity index (χ0) is 12.5. The molecule has 2 aromatic heterocycles. The SMILES string of the molecule is Cc1nn2cc(C(=O)NCC3CCCO3)nc2s1. The van der Waals surface area contributed by atoms with E-state index in [1.807, 2.05) is 6.92 Å². The molecule has 0 bridgehead atoms. The van der Waals surface area contributed by atoms with Gasteiger partial charge in [-0.1, -0.05) is 11.3 Å². The summed E-state index contributed by atoms with van der Waals surface area (Å²) in [5, 5.41) is 8.00. The summed E-state index contributed by atoms with van der Waals surface area (Å²) in [7, 11) is 0. The van der Waals surface area contributed by atoms with E-state index >= 15 is 0 Å². The normalized spacial score (nSPS) is 19.5. The zero-order valence-corrected chi connectivity index (χ0v) is 10.9. The van der Waals surface area contributed by atoms with Gasteiger partial charge in [0, 0.05) is 13.2 Å². The Morgan fingerprint density at radius 2 is 2.61 bits per heavy atom. The fourth-order valence-electron chi connectivity index (χ4n) is 2.01. The number of amides is 1. The molecule has 2 aromatic rings. The summed E-state index contributed by atoms with van der Waals surface area (Å²) in [6.45, 7) is 3.26. The second kappa shape index (κ2) is 4.66. The average molecular weight is 266 g/mol. The molecule has 0 aromatic carbocycles. The van der Waals surface area contributed by atoms with Crippen LogP contribution in [0.25, 0.3) is 4.96 Å². The highest BCUT2D eigenvalue weighted by atomic mass is 32.1. The maximum Gasteiger partial charge on any atom is 0.271 e.